The van der Waals surface area contributed by atoms with E-state index < -0.39 is 6.10 Å². The van der Waals surface area contributed by atoms with Crippen LogP contribution in [0, 0.1) is 41.5 Å². The van der Waals surface area contributed by atoms with Gasteiger partial charge in [0.05, 0.1) is 12.4 Å². The quantitative estimate of drug-likeness (QED) is 0.808. The molecular weight excluding hydrogens is 300 g/mol. The average molecular weight is 330 g/mol. The summed E-state index contributed by atoms with van der Waals surface area (Å²) >= 11 is 0. The second kappa shape index (κ2) is 6.77. The van der Waals surface area contributed by atoms with Gasteiger partial charge in [-0.2, -0.15) is 0 Å². The van der Waals surface area contributed by atoms with E-state index in [4.69, 9.17) is 0 Å². The van der Waals surface area contributed by atoms with Gasteiger partial charge in [0.1, 0.15) is 42.0 Å². The zero-order valence-electron chi connectivity index (χ0n) is 15.8. The molecule has 0 fully saturated rings. The first-order valence-corrected chi connectivity index (χ1v) is 8.33. The maximum atomic E-state index is 10.7. The Labute approximate surface area is 144 Å². The van der Waals surface area contributed by atoms with E-state index >= 15 is 0 Å². The molecule has 0 unspecified atom stereocenters. The van der Waals surface area contributed by atoms with E-state index in [0.717, 1.165) is 34.4 Å². The van der Waals surface area contributed by atoms with Crippen molar-refractivity contribution in [3.63, 3.8) is 0 Å². The SMILES string of the molecule is C=Cn1c(C)c(C)[n+](CC(O)C[n+]2c(C)c(C)n(C=C)c2C)c1C. The molecule has 0 bridgehead atoms. The summed E-state index contributed by atoms with van der Waals surface area (Å²) in [6.07, 6.45) is 3.16. The van der Waals surface area contributed by atoms with Gasteiger partial charge in [-0.25, -0.2) is 18.3 Å². The standard InChI is InChI=1S/C19H30N4O/c1-9-20-13(3)15(5)22(17(20)7)11-19(24)12-23-16(6)14(4)21(10-2)18(23)8/h9-10,19,24H,1-2,11-12H2,3-8H3/q+2. The van der Waals surface area contributed by atoms with Crippen LogP contribution in [0.1, 0.15) is 34.4 Å². The van der Waals surface area contributed by atoms with Crippen LogP contribution in [0.25, 0.3) is 12.4 Å². The molecule has 0 atom stereocenters. The maximum absolute atomic E-state index is 10.7. The van der Waals surface area contributed by atoms with Gasteiger partial charge in [0.15, 0.2) is 0 Å². The third-order valence-electron chi connectivity index (χ3n) is 5.21. The number of hydrogen-bond donors (Lipinski definition) is 1. The molecule has 0 spiro atoms. The van der Waals surface area contributed by atoms with Crippen LogP contribution in [0.5, 0.6) is 0 Å². The highest BCUT2D eigenvalue weighted by molar-refractivity contribution is 5.25. The third-order valence-corrected chi connectivity index (χ3v) is 5.21. The van der Waals surface area contributed by atoms with Crippen LogP contribution in [-0.4, -0.2) is 20.3 Å². The van der Waals surface area contributed by atoms with Gasteiger partial charge < -0.3 is 5.11 Å². The van der Waals surface area contributed by atoms with Crippen molar-refractivity contribution in [3.8, 4) is 0 Å². The Kier molecular flexibility index (Phi) is 5.13. The van der Waals surface area contributed by atoms with Gasteiger partial charge in [0, 0.05) is 41.5 Å². The smallest absolute Gasteiger partial charge is 0.258 e. The number of aromatic nitrogens is 4. The fraction of sp³-hybridized carbons (Fsp3) is 0.474. The number of aliphatic hydroxyl groups is 1. The van der Waals surface area contributed by atoms with Crippen LogP contribution in [0.3, 0.4) is 0 Å². The van der Waals surface area contributed by atoms with E-state index in [9.17, 15) is 5.11 Å². The Morgan fingerprint density at radius 1 is 0.833 bits per heavy atom. The minimum absolute atomic E-state index is 0.477. The summed E-state index contributed by atoms with van der Waals surface area (Å²) in [5.41, 5.74) is 4.63. The lowest BCUT2D eigenvalue weighted by molar-refractivity contribution is -0.747. The molecule has 0 aliphatic heterocycles. The Balaban J connectivity index is 2.29. The monoisotopic (exact) mass is 330 g/mol. The fourth-order valence-electron chi connectivity index (χ4n) is 3.53. The molecule has 2 heterocycles. The normalized spacial score (nSPS) is 11.3. The summed E-state index contributed by atoms with van der Waals surface area (Å²) in [7, 11) is 0. The van der Waals surface area contributed by atoms with Gasteiger partial charge in [0.25, 0.3) is 11.6 Å². The molecule has 0 aliphatic carbocycles. The van der Waals surface area contributed by atoms with Gasteiger partial charge in [-0.15, -0.1) is 0 Å². The van der Waals surface area contributed by atoms with Crippen LogP contribution in [0.4, 0.5) is 0 Å². The summed E-state index contributed by atoms with van der Waals surface area (Å²) in [5, 5.41) is 10.7. The average Bonchev–Trinajstić information content (AvgIpc) is 2.87. The summed E-state index contributed by atoms with van der Waals surface area (Å²) in [4.78, 5) is 0. The van der Waals surface area contributed by atoms with Crippen LogP contribution in [0.2, 0.25) is 0 Å². The van der Waals surface area contributed by atoms with Crippen molar-refractivity contribution in [1.29, 1.82) is 0 Å². The molecule has 0 aliphatic rings. The predicted octanol–water partition coefficient (Wildman–Crippen LogP) is 1.98. The van der Waals surface area contributed by atoms with E-state index in [1.165, 1.54) is 0 Å². The zero-order valence-corrected chi connectivity index (χ0v) is 15.8. The number of aliphatic hydroxyl groups excluding tert-OH is 1. The highest BCUT2D eigenvalue weighted by atomic mass is 16.3. The van der Waals surface area contributed by atoms with E-state index in [1.54, 1.807) is 0 Å². The van der Waals surface area contributed by atoms with Gasteiger partial charge in [-0.1, -0.05) is 13.2 Å². The Morgan fingerprint density at radius 3 is 1.42 bits per heavy atom. The van der Waals surface area contributed by atoms with Crippen molar-refractivity contribution < 1.29 is 14.2 Å². The predicted molar refractivity (Wildman–Crippen MR) is 96.5 cm³/mol. The van der Waals surface area contributed by atoms with Crippen molar-refractivity contribution in [3.05, 3.63) is 47.6 Å². The van der Waals surface area contributed by atoms with Gasteiger partial charge >= 0.3 is 0 Å². The second-order valence-electron chi connectivity index (χ2n) is 6.42. The topological polar surface area (TPSA) is 37.9 Å². The molecule has 2 aromatic rings. The molecule has 0 aromatic carbocycles. The maximum Gasteiger partial charge on any atom is 0.258 e. The fourth-order valence-corrected chi connectivity index (χ4v) is 3.53. The Bertz CT molecular complexity index is 729. The highest BCUT2D eigenvalue weighted by Gasteiger charge is 2.27. The van der Waals surface area contributed by atoms with Crippen LogP contribution >= 0.6 is 0 Å². The molecule has 0 saturated heterocycles. The highest BCUT2D eigenvalue weighted by Crippen LogP contribution is 2.10. The largest absolute Gasteiger partial charge is 0.385 e. The lowest BCUT2D eigenvalue weighted by Gasteiger charge is -2.10. The van der Waals surface area contributed by atoms with E-state index in [1.807, 2.05) is 12.4 Å². The van der Waals surface area contributed by atoms with E-state index in [2.05, 4.69) is 73.0 Å². The molecule has 1 N–H and O–H groups in total. The van der Waals surface area contributed by atoms with Crippen LogP contribution < -0.4 is 9.13 Å². The van der Waals surface area contributed by atoms with Crippen molar-refractivity contribution in [1.82, 2.24) is 9.13 Å². The lowest BCUT2D eigenvalue weighted by Crippen LogP contribution is -2.51. The zero-order chi connectivity index (χ0) is 18.2. The van der Waals surface area contributed by atoms with Gasteiger partial charge in [-0.3, -0.25) is 0 Å². The van der Waals surface area contributed by atoms with Crippen LogP contribution in [0.15, 0.2) is 13.2 Å². The second-order valence-corrected chi connectivity index (χ2v) is 6.42. The molecule has 24 heavy (non-hydrogen) atoms. The Hall–Kier alpha value is -2.14. The first-order chi connectivity index (χ1) is 11.2. The molecule has 130 valence electrons. The van der Waals surface area contributed by atoms with Gasteiger partial charge in [0.2, 0.25) is 0 Å². The number of nitrogens with zero attached hydrogens (tertiary/aromatic N) is 4. The first-order valence-electron chi connectivity index (χ1n) is 8.33. The molecule has 5 heteroatoms. The number of rotatable bonds is 6. The minimum atomic E-state index is -0.477. The summed E-state index contributed by atoms with van der Waals surface area (Å²) in [5.74, 6) is 2.16. The van der Waals surface area contributed by atoms with Gasteiger partial charge in [-0.05, 0) is 0 Å². The molecule has 0 radical (unpaired) electrons. The molecule has 0 amide bonds. The minimum Gasteiger partial charge on any atom is -0.385 e. The molecule has 2 aromatic heterocycles. The summed E-state index contributed by atoms with van der Waals surface area (Å²) < 4.78 is 8.43. The van der Waals surface area contributed by atoms with Crippen molar-refractivity contribution >= 4 is 12.4 Å². The molecule has 5 nitrogen and oxygen atoms in total. The number of imidazole rings is 2. The summed E-state index contributed by atoms with van der Waals surface area (Å²) in [6, 6.07) is 0. The van der Waals surface area contributed by atoms with E-state index in [0.29, 0.717) is 13.1 Å². The van der Waals surface area contributed by atoms with Crippen molar-refractivity contribution in [2.45, 2.75) is 60.7 Å². The van der Waals surface area contributed by atoms with Crippen molar-refractivity contribution in [2.24, 2.45) is 0 Å². The summed E-state index contributed by atoms with van der Waals surface area (Å²) in [6.45, 7) is 21.3. The van der Waals surface area contributed by atoms with E-state index in [-0.39, 0.29) is 0 Å². The third kappa shape index (κ3) is 2.84. The number of hydrogen-bond acceptors (Lipinski definition) is 1. The lowest BCUT2D eigenvalue weighted by atomic mass is 10.3. The molecule has 0 saturated carbocycles. The Morgan fingerprint density at radius 2 is 1.17 bits per heavy atom. The first kappa shape index (κ1) is 18.2. The molecular formula is C19H30N4O+2. The van der Waals surface area contributed by atoms with Crippen molar-refractivity contribution in [2.75, 3.05) is 0 Å². The van der Waals surface area contributed by atoms with Crippen LogP contribution in [-0.2, 0) is 13.1 Å². The molecule has 2 rings (SSSR count).